The quantitative estimate of drug-likeness (QED) is 0.172. The van der Waals surface area contributed by atoms with Crippen LogP contribution in [0.25, 0.3) is 0 Å². The summed E-state index contributed by atoms with van der Waals surface area (Å²) in [5.74, 6) is -1.29. The van der Waals surface area contributed by atoms with Gasteiger partial charge in [-0.15, -0.1) is 0 Å². The Morgan fingerprint density at radius 1 is 0.935 bits per heavy atom. The normalized spacial score (nSPS) is 9.97. The molecule has 0 aliphatic rings. The molecule has 0 aliphatic heterocycles. The fourth-order valence-corrected chi connectivity index (χ4v) is 2.39. The molecule has 1 N–H and O–H groups in total. The molecule has 0 fully saturated rings. The first-order valence-electron chi connectivity index (χ1n) is 9.30. The Kier molecular flexibility index (Phi) is 9.47. The first kappa shape index (κ1) is 23.3. The third-order valence-corrected chi connectivity index (χ3v) is 3.76. The maximum Gasteiger partial charge on any atom is 0.344 e. The summed E-state index contributed by atoms with van der Waals surface area (Å²) in [7, 11) is 0. The Hall–Kier alpha value is -3.95. The zero-order valence-electron chi connectivity index (χ0n) is 16.8. The first-order chi connectivity index (χ1) is 15.0. The molecule has 31 heavy (non-hydrogen) atoms. The number of hydrogen-bond acceptors (Lipinski definition) is 9. The summed E-state index contributed by atoms with van der Waals surface area (Å²) in [4.78, 5) is 49.5. The second-order valence-electron chi connectivity index (χ2n) is 6.11. The Bertz CT molecular complexity index is 896. The van der Waals surface area contributed by atoms with Crippen molar-refractivity contribution in [3.63, 3.8) is 0 Å². The minimum atomic E-state index is -0.789. The predicted octanol–water partition coefficient (Wildman–Crippen LogP) is 1.06. The zero-order chi connectivity index (χ0) is 22.5. The summed E-state index contributed by atoms with van der Waals surface area (Å²) in [5.41, 5.74) is 0.725. The van der Waals surface area contributed by atoms with Crippen molar-refractivity contribution >= 4 is 17.9 Å². The Morgan fingerprint density at radius 3 is 2.39 bits per heavy atom. The van der Waals surface area contributed by atoms with Crippen LogP contribution in [-0.2, 0) is 30.3 Å². The van der Waals surface area contributed by atoms with Crippen molar-refractivity contribution in [3.05, 3.63) is 64.6 Å². The van der Waals surface area contributed by atoms with E-state index >= 15 is 0 Å². The summed E-state index contributed by atoms with van der Waals surface area (Å²) < 4.78 is 20.3. The van der Waals surface area contributed by atoms with Crippen LogP contribution in [-0.4, -0.2) is 37.9 Å². The van der Waals surface area contributed by atoms with Crippen molar-refractivity contribution in [1.29, 1.82) is 0 Å². The van der Waals surface area contributed by atoms with Crippen LogP contribution in [0, 0.1) is 4.91 Å². The second-order valence-corrected chi connectivity index (χ2v) is 6.11. The van der Waals surface area contributed by atoms with Crippen molar-refractivity contribution in [2.45, 2.75) is 19.8 Å². The average Bonchev–Trinajstić information content (AvgIpc) is 2.74. The van der Waals surface area contributed by atoms with E-state index < -0.39 is 24.7 Å². The molecule has 0 unspecified atom stereocenters. The van der Waals surface area contributed by atoms with Gasteiger partial charge in [0.25, 0.3) is 0 Å². The molecule has 0 bridgehead atoms. The van der Waals surface area contributed by atoms with Crippen molar-refractivity contribution in [2.75, 3.05) is 20.0 Å². The largest absolute Gasteiger partial charge is 0.493 e. The van der Waals surface area contributed by atoms with Crippen molar-refractivity contribution in [2.24, 2.45) is 0 Å². The van der Waals surface area contributed by atoms with E-state index in [4.69, 9.17) is 18.9 Å². The van der Waals surface area contributed by atoms with E-state index in [0.29, 0.717) is 24.3 Å². The second kappa shape index (κ2) is 12.6. The molecular formula is C21H22NO9+. The SMILES string of the molecule is CC(=O)Oc1ccccc1C(=O)OCOC(=O)Cc1ccc(OCCCO[NH+]=O)cc1. The molecule has 0 amide bonds. The number of esters is 3. The van der Waals surface area contributed by atoms with E-state index in [-0.39, 0.29) is 24.3 Å². The van der Waals surface area contributed by atoms with Crippen LogP contribution in [0.4, 0.5) is 0 Å². The number of ether oxygens (including phenoxy) is 4. The van der Waals surface area contributed by atoms with Gasteiger partial charge in [0, 0.05) is 13.3 Å². The average molecular weight is 432 g/mol. The maximum atomic E-state index is 12.1. The molecule has 0 saturated heterocycles. The van der Waals surface area contributed by atoms with E-state index in [9.17, 15) is 19.3 Å². The van der Waals surface area contributed by atoms with Gasteiger partial charge in [-0.25, -0.2) is 9.63 Å². The summed E-state index contributed by atoms with van der Waals surface area (Å²) in [6.45, 7) is 1.24. The molecule has 0 saturated carbocycles. The van der Waals surface area contributed by atoms with Crippen LogP contribution in [0.5, 0.6) is 11.5 Å². The molecular weight excluding hydrogens is 410 g/mol. The lowest BCUT2D eigenvalue weighted by Crippen LogP contribution is -2.63. The van der Waals surface area contributed by atoms with Crippen LogP contribution in [0.15, 0.2) is 48.5 Å². The topological polar surface area (TPSA) is 128 Å². The number of carbonyl (C=O) groups excluding carboxylic acids is 3. The van der Waals surface area contributed by atoms with Crippen LogP contribution in [0.1, 0.15) is 29.3 Å². The summed E-state index contributed by atoms with van der Waals surface area (Å²) in [6.07, 6.45) is 0.512. The lowest BCUT2D eigenvalue weighted by atomic mass is 10.1. The van der Waals surface area contributed by atoms with Gasteiger partial charge in [0.15, 0.2) is 6.61 Å². The molecule has 0 spiro atoms. The number of nitrogens with one attached hydrogen (secondary N) is 1. The summed E-state index contributed by atoms with van der Waals surface area (Å²) >= 11 is 0. The fourth-order valence-electron chi connectivity index (χ4n) is 2.39. The highest BCUT2D eigenvalue weighted by Crippen LogP contribution is 2.19. The van der Waals surface area contributed by atoms with Crippen molar-refractivity contribution < 1.29 is 43.5 Å². The molecule has 0 aromatic heterocycles. The van der Waals surface area contributed by atoms with Crippen molar-refractivity contribution in [3.8, 4) is 11.5 Å². The minimum Gasteiger partial charge on any atom is -0.493 e. The van der Waals surface area contributed by atoms with E-state index in [1.54, 1.807) is 36.4 Å². The number of para-hydroxylation sites is 1. The number of benzene rings is 2. The van der Waals surface area contributed by atoms with Gasteiger partial charge in [-0.1, -0.05) is 24.3 Å². The van der Waals surface area contributed by atoms with Crippen LogP contribution < -0.4 is 14.8 Å². The molecule has 2 aromatic rings. The molecule has 10 heteroatoms. The third kappa shape index (κ3) is 8.52. The van der Waals surface area contributed by atoms with Gasteiger partial charge in [-0.3, -0.25) is 9.59 Å². The molecule has 0 atom stereocenters. The molecule has 0 aliphatic carbocycles. The number of rotatable bonds is 12. The monoisotopic (exact) mass is 432 g/mol. The minimum absolute atomic E-state index is 0.0229. The van der Waals surface area contributed by atoms with Gasteiger partial charge in [-0.2, -0.15) is 0 Å². The summed E-state index contributed by atoms with van der Waals surface area (Å²) in [5, 5.41) is 1.34. The van der Waals surface area contributed by atoms with E-state index in [2.05, 4.69) is 4.84 Å². The molecule has 164 valence electrons. The zero-order valence-corrected chi connectivity index (χ0v) is 16.8. The Labute approximate surface area is 177 Å². The highest BCUT2D eigenvalue weighted by molar-refractivity contribution is 5.93. The van der Waals surface area contributed by atoms with Crippen LogP contribution in [0.3, 0.4) is 0 Å². The first-order valence-corrected chi connectivity index (χ1v) is 9.30. The molecule has 2 rings (SSSR count). The smallest absolute Gasteiger partial charge is 0.344 e. The molecule has 0 heterocycles. The van der Waals surface area contributed by atoms with Gasteiger partial charge in [-0.05, 0) is 29.8 Å². The molecule has 2 aromatic carbocycles. The third-order valence-electron chi connectivity index (χ3n) is 3.76. The highest BCUT2D eigenvalue weighted by Gasteiger charge is 2.15. The van der Waals surface area contributed by atoms with E-state index in [1.165, 1.54) is 24.4 Å². The lowest BCUT2D eigenvalue weighted by molar-refractivity contribution is -0.770. The van der Waals surface area contributed by atoms with E-state index in [1.807, 2.05) is 0 Å². The Morgan fingerprint density at radius 2 is 1.68 bits per heavy atom. The highest BCUT2D eigenvalue weighted by atomic mass is 16.7. The van der Waals surface area contributed by atoms with Gasteiger partial charge in [0.05, 0.1) is 17.9 Å². The molecule has 10 nitrogen and oxygen atoms in total. The van der Waals surface area contributed by atoms with Gasteiger partial charge in [0.1, 0.15) is 17.1 Å². The van der Waals surface area contributed by atoms with Gasteiger partial charge < -0.3 is 18.9 Å². The number of hydrogen-bond donors (Lipinski definition) is 1. The predicted molar refractivity (Wildman–Crippen MR) is 105 cm³/mol. The Balaban J connectivity index is 1.74. The van der Waals surface area contributed by atoms with Gasteiger partial charge in [0.2, 0.25) is 12.1 Å². The van der Waals surface area contributed by atoms with Crippen LogP contribution >= 0.6 is 0 Å². The van der Waals surface area contributed by atoms with Crippen molar-refractivity contribution in [1.82, 2.24) is 0 Å². The molecule has 0 radical (unpaired) electrons. The maximum absolute atomic E-state index is 12.1. The summed E-state index contributed by atoms with van der Waals surface area (Å²) in [6, 6.07) is 12.9. The van der Waals surface area contributed by atoms with Crippen LogP contribution in [0.2, 0.25) is 0 Å². The lowest BCUT2D eigenvalue weighted by Gasteiger charge is -2.10. The van der Waals surface area contributed by atoms with Gasteiger partial charge >= 0.3 is 17.9 Å². The van der Waals surface area contributed by atoms with E-state index in [0.717, 1.165) is 0 Å². The standard InChI is InChI=1S/C21H22NO9/c1-15(23)31-19-6-3-2-5-18(19)21(25)29-14-28-20(24)13-16-7-9-17(10-8-16)27-11-4-12-30-22-26/h2-3,5-10,22H,4,11-14H2,1H3/q+1. The fraction of sp³-hybridized carbons (Fsp3) is 0.286. The number of carbonyl (C=O) groups is 3.